The van der Waals surface area contributed by atoms with Gasteiger partial charge in [-0.25, -0.2) is 4.79 Å². The molecule has 1 rings (SSSR count). The number of benzene rings is 1. The second-order valence-corrected chi connectivity index (χ2v) is 2.68. The van der Waals surface area contributed by atoms with Gasteiger partial charge < -0.3 is 10.1 Å². The lowest BCUT2D eigenvalue weighted by Crippen LogP contribution is -2.12. The van der Waals surface area contributed by atoms with E-state index in [1.165, 1.54) is 31.4 Å². The molecule has 0 saturated carbocycles. The van der Waals surface area contributed by atoms with E-state index in [0.717, 1.165) is 0 Å². The van der Waals surface area contributed by atoms with E-state index in [9.17, 15) is 14.4 Å². The molecule has 0 atom stereocenters. The van der Waals surface area contributed by atoms with Crippen molar-refractivity contribution in [2.24, 2.45) is 0 Å². The lowest BCUT2D eigenvalue weighted by molar-refractivity contribution is -0.127. The van der Waals surface area contributed by atoms with Gasteiger partial charge in [-0.05, 0) is 24.3 Å². The number of hydrogen-bond donors (Lipinski definition) is 1. The van der Waals surface area contributed by atoms with Crippen LogP contribution in [0.15, 0.2) is 24.3 Å². The smallest absolute Gasteiger partial charge is 0.337 e. The zero-order chi connectivity index (χ0) is 11.3. The van der Waals surface area contributed by atoms with Gasteiger partial charge in [-0.3, -0.25) is 9.59 Å². The van der Waals surface area contributed by atoms with Crippen LogP contribution in [0.4, 0.5) is 5.69 Å². The van der Waals surface area contributed by atoms with Gasteiger partial charge in [0, 0.05) is 5.69 Å². The van der Waals surface area contributed by atoms with Crippen LogP contribution in [0.25, 0.3) is 0 Å². The van der Waals surface area contributed by atoms with Crippen LogP contribution in [-0.2, 0) is 14.3 Å². The van der Waals surface area contributed by atoms with Crippen LogP contribution in [0.5, 0.6) is 0 Å². The first-order valence-electron chi connectivity index (χ1n) is 4.12. The van der Waals surface area contributed by atoms with Gasteiger partial charge in [0.25, 0.3) is 5.91 Å². The summed E-state index contributed by atoms with van der Waals surface area (Å²) >= 11 is 0. The Morgan fingerprint density at radius 1 is 1.27 bits per heavy atom. The van der Waals surface area contributed by atoms with Crippen molar-refractivity contribution in [3.05, 3.63) is 29.8 Å². The third kappa shape index (κ3) is 2.91. The molecule has 0 bridgehead atoms. The first kappa shape index (κ1) is 10.9. The van der Waals surface area contributed by atoms with Gasteiger partial charge in [-0.2, -0.15) is 0 Å². The zero-order valence-electron chi connectivity index (χ0n) is 8.02. The molecule has 0 aliphatic heterocycles. The minimum absolute atomic E-state index is 0.175. The van der Waals surface area contributed by atoms with Gasteiger partial charge in [0.05, 0.1) is 12.7 Å². The van der Waals surface area contributed by atoms with Gasteiger partial charge in [-0.15, -0.1) is 0 Å². The zero-order valence-corrected chi connectivity index (χ0v) is 8.02. The van der Waals surface area contributed by atoms with Crippen molar-refractivity contribution in [1.82, 2.24) is 0 Å². The molecule has 0 aliphatic carbocycles. The lowest BCUT2D eigenvalue weighted by Gasteiger charge is -2.02. The Morgan fingerprint density at radius 2 is 1.87 bits per heavy atom. The maximum absolute atomic E-state index is 11.0. The topological polar surface area (TPSA) is 72.5 Å². The number of nitrogens with one attached hydrogen (secondary N) is 1. The summed E-state index contributed by atoms with van der Waals surface area (Å²) in [5, 5.41) is 2.32. The SMILES string of the molecule is COC(=O)c1ccc(NC(=O)C=O)cc1. The highest BCUT2D eigenvalue weighted by molar-refractivity contribution is 6.29. The van der Waals surface area contributed by atoms with E-state index >= 15 is 0 Å². The molecule has 0 spiro atoms. The number of carbonyl (C=O) groups excluding carboxylic acids is 3. The van der Waals surface area contributed by atoms with E-state index in [-0.39, 0.29) is 6.29 Å². The van der Waals surface area contributed by atoms with E-state index in [2.05, 4.69) is 10.1 Å². The van der Waals surface area contributed by atoms with Crippen LogP contribution in [-0.4, -0.2) is 25.3 Å². The number of aldehydes is 1. The van der Waals surface area contributed by atoms with Crippen LogP contribution in [0.2, 0.25) is 0 Å². The summed E-state index contributed by atoms with van der Waals surface area (Å²) in [6.07, 6.45) is 0.175. The molecule has 0 unspecified atom stereocenters. The second-order valence-electron chi connectivity index (χ2n) is 2.68. The Morgan fingerprint density at radius 3 is 2.33 bits per heavy atom. The van der Waals surface area contributed by atoms with Gasteiger partial charge >= 0.3 is 5.97 Å². The van der Waals surface area contributed by atoms with Crippen molar-refractivity contribution in [3.8, 4) is 0 Å². The number of ether oxygens (including phenoxy) is 1. The van der Waals surface area contributed by atoms with Gasteiger partial charge in [-0.1, -0.05) is 0 Å². The molecule has 0 aromatic heterocycles. The molecule has 0 fully saturated rings. The van der Waals surface area contributed by atoms with Crippen molar-refractivity contribution in [2.75, 3.05) is 12.4 Å². The molecular formula is C10H9NO4. The average Bonchev–Trinajstić information content (AvgIpc) is 2.29. The number of amides is 1. The molecule has 1 amide bonds. The fourth-order valence-electron chi connectivity index (χ4n) is 0.979. The highest BCUT2D eigenvalue weighted by Gasteiger charge is 2.05. The molecule has 78 valence electrons. The largest absolute Gasteiger partial charge is 0.465 e. The predicted octanol–water partition coefficient (Wildman–Crippen LogP) is 0.611. The summed E-state index contributed by atoms with van der Waals surface area (Å²) in [6, 6.07) is 6.00. The van der Waals surface area contributed by atoms with Gasteiger partial charge in [0.1, 0.15) is 0 Å². The second kappa shape index (κ2) is 4.90. The number of anilines is 1. The molecule has 5 heteroatoms. The average molecular weight is 207 g/mol. The van der Waals surface area contributed by atoms with Crippen molar-refractivity contribution in [3.63, 3.8) is 0 Å². The molecule has 0 saturated heterocycles. The molecular weight excluding hydrogens is 198 g/mol. The summed E-state index contributed by atoms with van der Waals surface area (Å²) in [5.41, 5.74) is 0.821. The molecule has 1 aromatic rings. The maximum atomic E-state index is 11.0. The van der Waals surface area contributed by atoms with E-state index in [1.807, 2.05) is 0 Å². The molecule has 0 heterocycles. The Balaban J connectivity index is 2.76. The number of rotatable bonds is 3. The summed E-state index contributed by atoms with van der Waals surface area (Å²) in [7, 11) is 1.28. The first-order valence-corrected chi connectivity index (χ1v) is 4.12. The minimum atomic E-state index is -0.735. The molecule has 5 nitrogen and oxygen atoms in total. The van der Waals surface area contributed by atoms with Crippen molar-refractivity contribution in [1.29, 1.82) is 0 Å². The highest BCUT2D eigenvalue weighted by atomic mass is 16.5. The quantitative estimate of drug-likeness (QED) is 0.447. The van der Waals surface area contributed by atoms with Crippen LogP contribution < -0.4 is 5.32 Å². The summed E-state index contributed by atoms with van der Waals surface area (Å²) < 4.78 is 4.50. The fraction of sp³-hybridized carbons (Fsp3) is 0.100. The number of carbonyl (C=O) groups is 3. The van der Waals surface area contributed by atoms with Gasteiger partial charge in [0.15, 0.2) is 0 Å². The molecule has 0 radical (unpaired) electrons. The normalized spacial score (nSPS) is 9.13. The highest BCUT2D eigenvalue weighted by Crippen LogP contribution is 2.09. The standard InChI is InChI=1S/C10H9NO4/c1-15-10(14)7-2-4-8(5-3-7)11-9(13)6-12/h2-6H,1H3,(H,11,13). The Hall–Kier alpha value is -2.17. The van der Waals surface area contributed by atoms with E-state index < -0.39 is 11.9 Å². The van der Waals surface area contributed by atoms with Crippen LogP contribution >= 0.6 is 0 Å². The third-order valence-corrected chi connectivity index (χ3v) is 1.68. The van der Waals surface area contributed by atoms with Gasteiger partial charge in [0.2, 0.25) is 6.29 Å². The van der Waals surface area contributed by atoms with Crippen LogP contribution in [0, 0.1) is 0 Å². The maximum Gasteiger partial charge on any atom is 0.337 e. The van der Waals surface area contributed by atoms with Crippen LogP contribution in [0.1, 0.15) is 10.4 Å². The number of esters is 1. The first-order chi connectivity index (χ1) is 7.17. The monoisotopic (exact) mass is 207 g/mol. The van der Waals surface area contributed by atoms with Crippen molar-refractivity contribution in [2.45, 2.75) is 0 Å². The number of methoxy groups -OCH3 is 1. The fourth-order valence-corrected chi connectivity index (χ4v) is 0.979. The minimum Gasteiger partial charge on any atom is -0.465 e. The Bertz CT molecular complexity index is 383. The van der Waals surface area contributed by atoms with Crippen molar-refractivity contribution < 1.29 is 19.1 Å². The van der Waals surface area contributed by atoms with E-state index in [4.69, 9.17) is 0 Å². The van der Waals surface area contributed by atoms with E-state index in [0.29, 0.717) is 11.3 Å². The summed E-state index contributed by atoms with van der Waals surface area (Å²) in [6.45, 7) is 0. The predicted molar refractivity (Wildman–Crippen MR) is 52.5 cm³/mol. The Labute approximate surface area is 86.0 Å². The Kier molecular flexibility index (Phi) is 3.56. The molecule has 1 N–H and O–H groups in total. The molecule has 0 aliphatic rings. The summed E-state index contributed by atoms with van der Waals surface area (Å²) in [4.78, 5) is 31.8. The molecule has 1 aromatic carbocycles. The summed E-state index contributed by atoms with van der Waals surface area (Å²) in [5.74, 6) is -1.19. The van der Waals surface area contributed by atoms with Crippen LogP contribution in [0.3, 0.4) is 0 Å². The van der Waals surface area contributed by atoms with Crippen molar-refractivity contribution >= 4 is 23.9 Å². The molecule has 15 heavy (non-hydrogen) atoms. The number of hydrogen-bond acceptors (Lipinski definition) is 4. The third-order valence-electron chi connectivity index (χ3n) is 1.68. The van der Waals surface area contributed by atoms with E-state index in [1.54, 1.807) is 0 Å². The lowest BCUT2D eigenvalue weighted by atomic mass is 10.2.